The molecule has 0 aliphatic carbocycles. The molecule has 0 unspecified atom stereocenters. The van der Waals surface area contributed by atoms with Crippen LogP contribution < -0.4 is 5.32 Å². The molecule has 18 heavy (non-hydrogen) atoms. The second kappa shape index (κ2) is 6.52. The van der Waals surface area contributed by atoms with Gasteiger partial charge in [-0.3, -0.25) is 0 Å². The first-order valence-corrected chi connectivity index (χ1v) is 7.00. The van der Waals surface area contributed by atoms with Gasteiger partial charge in [-0.25, -0.2) is 0 Å². The fourth-order valence-corrected chi connectivity index (χ4v) is 2.21. The van der Waals surface area contributed by atoms with Crippen LogP contribution in [0.1, 0.15) is 18.9 Å². The molecule has 3 nitrogen and oxygen atoms in total. The summed E-state index contributed by atoms with van der Waals surface area (Å²) in [5, 5.41) is 12.7. The molecule has 0 saturated carbocycles. The first-order valence-electron chi connectivity index (χ1n) is 5.74. The van der Waals surface area contributed by atoms with E-state index in [4.69, 9.17) is 11.6 Å². The van der Waals surface area contributed by atoms with Crippen molar-refractivity contribution in [2.75, 3.05) is 5.32 Å². The quantitative estimate of drug-likeness (QED) is 0.894. The summed E-state index contributed by atoms with van der Waals surface area (Å²) in [5.74, 6) is 0. The minimum absolute atomic E-state index is 0.761. The third kappa shape index (κ3) is 3.82. The maximum Gasteiger partial charge on any atom is 0.209 e. The predicted octanol–water partition coefficient (Wildman–Crippen LogP) is 4.14. The van der Waals surface area contributed by atoms with E-state index in [1.807, 2.05) is 24.3 Å². The predicted molar refractivity (Wildman–Crippen MR) is 77.1 cm³/mol. The van der Waals surface area contributed by atoms with Gasteiger partial charge < -0.3 is 5.32 Å². The fraction of sp³-hybridized carbons (Fsp3) is 0.231. The lowest BCUT2D eigenvalue weighted by Crippen LogP contribution is -2.03. The SMILES string of the molecule is CC/C=C(\Cc1ccc(Cl)cc1)Nc1nncs1. The lowest BCUT2D eigenvalue weighted by atomic mass is 10.1. The molecule has 1 heterocycles. The molecule has 1 aromatic carbocycles. The Bertz CT molecular complexity index is 506. The molecule has 0 amide bonds. The van der Waals surface area contributed by atoms with E-state index in [9.17, 15) is 0 Å². The molecule has 0 aliphatic rings. The highest BCUT2D eigenvalue weighted by Gasteiger charge is 2.02. The summed E-state index contributed by atoms with van der Waals surface area (Å²) >= 11 is 7.37. The van der Waals surface area contributed by atoms with Gasteiger partial charge in [0, 0.05) is 17.1 Å². The lowest BCUT2D eigenvalue weighted by molar-refractivity contribution is 1.05. The number of allylic oxidation sites excluding steroid dienone is 2. The van der Waals surface area contributed by atoms with E-state index >= 15 is 0 Å². The summed E-state index contributed by atoms with van der Waals surface area (Å²) in [4.78, 5) is 0. The van der Waals surface area contributed by atoms with Gasteiger partial charge >= 0.3 is 0 Å². The number of benzene rings is 1. The van der Waals surface area contributed by atoms with Gasteiger partial charge in [0.25, 0.3) is 0 Å². The zero-order valence-electron chi connectivity index (χ0n) is 10.1. The minimum Gasteiger partial charge on any atom is -0.334 e. The maximum absolute atomic E-state index is 5.88. The van der Waals surface area contributed by atoms with Gasteiger partial charge in [-0.1, -0.05) is 48.1 Å². The molecule has 0 aliphatic heterocycles. The van der Waals surface area contributed by atoms with Gasteiger partial charge in [0.05, 0.1) is 0 Å². The van der Waals surface area contributed by atoms with E-state index in [0.29, 0.717) is 0 Å². The highest BCUT2D eigenvalue weighted by atomic mass is 35.5. The Morgan fingerprint density at radius 2 is 2.17 bits per heavy atom. The first-order chi connectivity index (χ1) is 8.78. The Morgan fingerprint density at radius 3 is 2.78 bits per heavy atom. The molecule has 94 valence electrons. The summed E-state index contributed by atoms with van der Waals surface area (Å²) < 4.78 is 0. The highest BCUT2D eigenvalue weighted by molar-refractivity contribution is 7.13. The van der Waals surface area contributed by atoms with Gasteiger partial charge in [0.15, 0.2) is 0 Å². The number of nitrogens with one attached hydrogen (secondary N) is 1. The maximum atomic E-state index is 5.88. The van der Waals surface area contributed by atoms with Crippen LogP contribution in [0.5, 0.6) is 0 Å². The van der Waals surface area contributed by atoms with Gasteiger partial charge in [0.1, 0.15) is 5.51 Å². The topological polar surface area (TPSA) is 37.8 Å². The second-order valence-electron chi connectivity index (χ2n) is 3.81. The monoisotopic (exact) mass is 279 g/mol. The van der Waals surface area contributed by atoms with Crippen LogP contribution in [0.2, 0.25) is 5.02 Å². The zero-order chi connectivity index (χ0) is 12.8. The number of nitrogens with zero attached hydrogens (tertiary/aromatic N) is 2. The molecular formula is C13H14ClN3S. The van der Waals surface area contributed by atoms with Crippen LogP contribution in [0, 0.1) is 0 Å². The molecule has 0 radical (unpaired) electrons. The number of halogens is 1. The van der Waals surface area contributed by atoms with Crippen LogP contribution in [0.15, 0.2) is 41.5 Å². The molecule has 1 N–H and O–H groups in total. The molecule has 0 spiro atoms. The van der Waals surface area contributed by atoms with Crippen molar-refractivity contribution in [3.63, 3.8) is 0 Å². The van der Waals surface area contributed by atoms with E-state index in [-0.39, 0.29) is 0 Å². The van der Waals surface area contributed by atoms with Crippen molar-refractivity contribution in [1.82, 2.24) is 10.2 Å². The third-order valence-corrected chi connectivity index (χ3v) is 3.24. The highest BCUT2D eigenvalue weighted by Crippen LogP contribution is 2.17. The van der Waals surface area contributed by atoms with E-state index in [1.54, 1.807) is 5.51 Å². The van der Waals surface area contributed by atoms with E-state index in [1.165, 1.54) is 16.9 Å². The molecule has 0 bridgehead atoms. The lowest BCUT2D eigenvalue weighted by Gasteiger charge is -2.08. The van der Waals surface area contributed by atoms with Crippen molar-refractivity contribution in [1.29, 1.82) is 0 Å². The third-order valence-electron chi connectivity index (χ3n) is 2.39. The van der Waals surface area contributed by atoms with Crippen LogP contribution in [0.3, 0.4) is 0 Å². The van der Waals surface area contributed by atoms with E-state index < -0.39 is 0 Å². The van der Waals surface area contributed by atoms with Gasteiger partial charge in [0.2, 0.25) is 5.13 Å². The molecule has 5 heteroatoms. The van der Waals surface area contributed by atoms with E-state index in [2.05, 4.69) is 28.5 Å². The Morgan fingerprint density at radius 1 is 1.39 bits per heavy atom. The number of hydrogen-bond acceptors (Lipinski definition) is 4. The summed E-state index contributed by atoms with van der Waals surface area (Å²) in [6.45, 7) is 2.11. The molecule has 2 rings (SSSR count). The van der Waals surface area contributed by atoms with Crippen LogP contribution >= 0.6 is 22.9 Å². The average molecular weight is 280 g/mol. The minimum atomic E-state index is 0.761. The molecular weight excluding hydrogens is 266 g/mol. The molecule has 0 atom stereocenters. The van der Waals surface area contributed by atoms with Crippen molar-refractivity contribution >= 4 is 28.1 Å². The van der Waals surface area contributed by atoms with Crippen molar-refractivity contribution < 1.29 is 0 Å². The normalized spacial score (nSPS) is 11.6. The summed E-state index contributed by atoms with van der Waals surface area (Å²) in [6, 6.07) is 7.89. The molecule has 0 fully saturated rings. The van der Waals surface area contributed by atoms with Crippen molar-refractivity contribution in [2.45, 2.75) is 19.8 Å². The van der Waals surface area contributed by atoms with Crippen molar-refractivity contribution in [3.8, 4) is 0 Å². The largest absolute Gasteiger partial charge is 0.334 e. The standard InChI is InChI=1S/C13H14ClN3S/c1-2-3-12(16-13-17-15-9-18-13)8-10-4-6-11(14)7-5-10/h3-7,9H,2,8H2,1H3,(H,16,17)/b12-3+. The Labute approximate surface area is 116 Å². The van der Waals surface area contributed by atoms with Gasteiger partial charge in [-0.15, -0.1) is 10.2 Å². The molecule has 0 saturated heterocycles. The van der Waals surface area contributed by atoms with Crippen molar-refractivity contribution in [2.24, 2.45) is 0 Å². The van der Waals surface area contributed by atoms with E-state index in [0.717, 1.165) is 28.7 Å². The van der Waals surface area contributed by atoms with Crippen LogP contribution in [0.25, 0.3) is 0 Å². The Balaban J connectivity index is 2.07. The number of rotatable bonds is 5. The molecule has 2 aromatic rings. The second-order valence-corrected chi connectivity index (χ2v) is 5.08. The Hall–Kier alpha value is -1.39. The molecule has 1 aromatic heterocycles. The van der Waals surface area contributed by atoms with Crippen molar-refractivity contribution in [3.05, 3.63) is 52.1 Å². The zero-order valence-corrected chi connectivity index (χ0v) is 11.6. The van der Waals surface area contributed by atoms with Crippen LogP contribution in [0.4, 0.5) is 5.13 Å². The summed E-state index contributed by atoms with van der Waals surface area (Å²) in [5.41, 5.74) is 4.07. The number of anilines is 1. The summed E-state index contributed by atoms with van der Waals surface area (Å²) in [7, 11) is 0. The van der Waals surface area contributed by atoms with Gasteiger partial charge in [-0.2, -0.15) is 0 Å². The Kier molecular flexibility index (Phi) is 4.73. The number of aromatic nitrogens is 2. The van der Waals surface area contributed by atoms with Gasteiger partial charge in [-0.05, 0) is 24.1 Å². The average Bonchev–Trinajstić information content (AvgIpc) is 2.85. The van der Waals surface area contributed by atoms with Crippen LogP contribution in [-0.2, 0) is 6.42 Å². The smallest absolute Gasteiger partial charge is 0.209 e. The van der Waals surface area contributed by atoms with Crippen LogP contribution in [-0.4, -0.2) is 10.2 Å². The summed E-state index contributed by atoms with van der Waals surface area (Å²) in [6.07, 6.45) is 3.98. The fourth-order valence-electron chi connectivity index (χ4n) is 1.60. The number of hydrogen-bond donors (Lipinski definition) is 1. The first kappa shape index (κ1) is 13.1.